The summed E-state index contributed by atoms with van der Waals surface area (Å²) in [7, 11) is 0. The largest absolute Gasteiger partial charge is 0.494 e. The summed E-state index contributed by atoms with van der Waals surface area (Å²) in [6.07, 6.45) is 5.98. The van der Waals surface area contributed by atoms with Gasteiger partial charge in [0.15, 0.2) is 0 Å². The number of piperidine rings is 1. The zero-order chi connectivity index (χ0) is 20.1. The second kappa shape index (κ2) is 9.45. The van der Waals surface area contributed by atoms with Crippen LogP contribution in [0.15, 0.2) is 24.3 Å². The number of carbonyl (C=O) groups excluding carboxylic acids is 1. The van der Waals surface area contributed by atoms with Crippen LogP contribution in [0.5, 0.6) is 5.75 Å². The number of ether oxygens (including phenoxy) is 3. The van der Waals surface area contributed by atoms with Crippen LogP contribution in [0.4, 0.5) is 0 Å². The van der Waals surface area contributed by atoms with Gasteiger partial charge in [-0.2, -0.15) is 0 Å². The Bertz CT molecular complexity index is 664. The van der Waals surface area contributed by atoms with E-state index in [-0.39, 0.29) is 23.7 Å². The number of carbonyl (C=O) groups is 1. The Morgan fingerprint density at radius 1 is 1.21 bits per heavy atom. The van der Waals surface area contributed by atoms with Crippen LogP contribution in [0.25, 0.3) is 0 Å². The van der Waals surface area contributed by atoms with Crippen molar-refractivity contribution in [2.75, 3.05) is 32.8 Å². The summed E-state index contributed by atoms with van der Waals surface area (Å²) in [6, 6.07) is 8.43. The Balaban J connectivity index is 1.19. The highest BCUT2D eigenvalue weighted by Gasteiger charge is 2.42. The molecule has 0 aliphatic carbocycles. The van der Waals surface area contributed by atoms with Gasteiger partial charge in [-0.3, -0.25) is 9.69 Å². The number of benzene rings is 1. The molecule has 29 heavy (non-hydrogen) atoms. The second-order valence-electron chi connectivity index (χ2n) is 8.56. The van der Waals surface area contributed by atoms with Crippen LogP contribution in [0.2, 0.25) is 0 Å². The Morgan fingerprint density at radius 3 is 2.69 bits per heavy atom. The Kier molecular flexibility index (Phi) is 6.73. The van der Waals surface area contributed by atoms with Crippen LogP contribution in [0, 0.1) is 0 Å². The summed E-state index contributed by atoms with van der Waals surface area (Å²) in [5, 5.41) is 3.03. The lowest BCUT2D eigenvalue weighted by Crippen LogP contribution is -2.45. The third-order valence-corrected chi connectivity index (χ3v) is 6.47. The van der Waals surface area contributed by atoms with Gasteiger partial charge in [0.05, 0.1) is 18.3 Å². The lowest BCUT2D eigenvalue weighted by atomic mass is 9.88. The summed E-state index contributed by atoms with van der Waals surface area (Å²) in [5.41, 5.74) is 1.33. The maximum absolute atomic E-state index is 12.1. The molecular weight excluding hydrogens is 368 g/mol. The van der Waals surface area contributed by atoms with Gasteiger partial charge in [0.1, 0.15) is 11.9 Å². The predicted molar refractivity (Wildman–Crippen MR) is 111 cm³/mol. The highest BCUT2D eigenvalue weighted by molar-refractivity contribution is 5.80. The van der Waals surface area contributed by atoms with Crippen molar-refractivity contribution in [2.24, 2.45) is 0 Å². The molecule has 1 aromatic carbocycles. The van der Waals surface area contributed by atoms with Crippen LogP contribution in [0.1, 0.15) is 51.0 Å². The molecule has 2 atom stereocenters. The first-order chi connectivity index (χ1) is 14.2. The number of nitrogens with one attached hydrogen (secondary N) is 1. The van der Waals surface area contributed by atoms with Crippen LogP contribution in [-0.2, 0) is 20.8 Å². The van der Waals surface area contributed by atoms with E-state index in [9.17, 15) is 4.79 Å². The number of hydrogen-bond acceptors (Lipinski definition) is 5. The van der Waals surface area contributed by atoms with Gasteiger partial charge in [0, 0.05) is 32.8 Å². The van der Waals surface area contributed by atoms with Gasteiger partial charge in [-0.15, -0.1) is 0 Å². The van der Waals surface area contributed by atoms with Gasteiger partial charge < -0.3 is 19.5 Å². The van der Waals surface area contributed by atoms with Crippen molar-refractivity contribution in [3.63, 3.8) is 0 Å². The summed E-state index contributed by atoms with van der Waals surface area (Å²) in [6.45, 7) is 7.11. The first-order valence-electron chi connectivity index (χ1n) is 11.2. The van der Waals surface area contributed by atoms with E-state index in [0.717, 1.165) is 63.9 Å². The van der Waals surface area contributed by atoms with Gasteiger partial charge in [-0.1, -0.05) is 12.1 Å². The van der Waals surface area contributed by atoms with E-state index >= 15 is 0 Å². The highest BCUT2D eigenvalue weighted by Crippen LogP contribution is 2.39. The van der Waals surface area contributed by atoms with E-state index in [1.165, 1.54) is 5.56 Å². The molecule has 4 rings (SSSR count). The van der Waals surface area contributed by atoms with Gasteiger partial charge in [0.2, 0.25) is 5.91 Å². The molecule has 3 heterocycles. The minimum Gasteiger partial charge on any atom is -0.494 e. The number of rotatable bonds is 7. The molecule has 0 bridgehead atoms. The van der Waals surface area contributed by atoms with Crippen molar-refractivity contribution < 1.29 is 19.0 Å². The molecule has 1 amide bonds. The zero-order valence-electron chi connectivity index (χ0n) is 17.5. The molecule has 3 fully saturated rings. The molecular formula is C23H34N2O4. The van der Waals surface area contributed by atoms with Gasteiger partial charge in [0.25, 0.3) is 0 Å². The molecule has 1 N–H and O–H groups in total. The average molecular weight is 403 g/mol. The Morgan fingerprint density at radius 2 is 2.00 bits per heavy atom. The molecule has 0 radical (unpaired) electrons. The fraction of sp³-hybridized carbons (Fsp3) is 0.696. The molecule has 3 aliphatic heterocycles. The van der Waals surface area contributed by atoms with Crippen molar-refractivity contribution in [1.29, 1.82) is 0 Å². The smallest absolute Gasteiger partial charge is 0.249 e. The molecule has 0 aromatic heterocycles. The molecule has 3 saturated heterocycles. The average Bonchev–Trinajstić information content (AvgIpc) is 3.41. The SMILES string of the molecule is CCOc1ccc(CN2CCC3(CC[C@@H](CNC(=O)[C@H]4CCCO4)O3)CC2)cc1. The van der Waals surface area contributed by atoms with Crippen molar-refractivity contribution in [3.8, 4) is 5.75 Å². The Labute approximate surface area is 173 Å². The quantitative estimate of drug-likeness (QED) is 0.760. The summed E-state index contributed by atoms with van der Waals surface area (Å²) in [5.74, 6) is 0.961. The molecule has 160 valence electrons. The fourth-order valence-corrected chi connectivity index (χ4v) is 4.75. The predicted octanol–water partition coefficient (Wildman–Crippen LogP) is 2.89. The zero-order valence-corrected chi connectivity index (χ0v) is 17.5. The van der Waals surface area contributed by atoms with E-state index in [1.807, 2.05) is 6.92 Å². The van der Waals surface area contributed by atoms with Gasteiger partial charge >= 0.3 is 0 Å². The summed E-state index contributed by atoms with van der Waals surface area (Å²) < 4.78 is 17.4. The molecule has 1 aromatic rings. The van der Waals surface area contributed by atoms with Crippen molar-refractivity contribution in [2.45, 2.75) is 69.8 Å². The maximum atomic E-state index is 12.1. The van der Waals surface area contributed by atoms with Gasteiger partial charge in [-0.25, -0.2) is 0 Å². The first kappa shape index (κ1) is 20.6. The first-order valence-corrected chi connectivity index (χ1v) is 11.2. The standard InChI is InChI=1S/C23H34N2O4/c1-2-27-19-7-5-18(6-8-19)17-25-13-11-23(12-14-25)10-9-20(29-23)16-24-22(26)21-4-3-15-28-21/h5-8,20-21H,2-4,9-17H2,1H3,(H,24,26)/t20-,21+/m0/s1. The van der Waals surface area contributed by atoms with Gasteiger partial charge in [-0.05, 0) is 63.1 Å². The molecule has 0 saturated carbocycles. The third-order valence-electron chi connectivity index (χ3n) is 6.47. The molecule has 6 nitrogen and oxygen atoms in total. The lowest BCUT2D eigenvalue weighted by molar-refractivity contribution is -0.131. The van der Waals surface area contributed by atoms with Crippen molar-refractivity contribution in [1.82, 2.24) is 10.2 Å². The van der Waals surface area contributed by atoms with E-state index in [0.29, 0.717) is 19.8 Å². The molecule has 1 spiro atoms. The Hall–Kier alpha value is -1.63. The fourth-order valence-electron chi connectivity index (χ4n) is 4.75. The van der Waals surface area contributed by atoms with Crippen LogP contribution < -0.4 is 10.1 Å². The number of nitrogens with zero attached hydrogens (tertiary/aromatic N) is 1. The van der Waals surface area contributed by atoms with E-state index in [2.05, 4.69) is 34.5 Å². The molecule has 3 aliphatic rings. The molecule has 6 heteroatoms. The van der Waals surface area contributed by atoms with E-state index in [4.69, 9.17) is 14.2 Å². The summed E-state index contributed by atoms with van der Waals surface area (Å²) >= 11 is 0. The number of hydrogen-bond donors (Lipinski definition) is 1. The lowest BCUT2D eigenvalue weighted by Gasteiger charge is -2.39. The highest BCUT2D eigenvalue weighted by atomic mass is 16.5. The minimum absolute atomic E-state index is 0.00851. The monoisotopic (exact) mass is 402 g/mol. The normalized spacial score (nSPS) is 26.7. The third kappa shape index (κ3) is 5.30. The minimum atomic E-state index is -0.254. The van der Waals surface area contributed by atoms with E-state index in [1.54, 1.807) is 0 Å². The maximum Gasteiger partial charge on any atom is 0.249 e. The topological polar surface area (TPSA) is 60.0 Å². The van der Waals surface area contributed by atoms with Crippen molar-refractivity contribution in [3.05, 3.63) is 29.8 Å². The summed E-state index contributed by atoms with van der Waals surface area (Å²) in [4.78, 5) is 14.6. The van der Waals surface area contributed by atoms with Crippen LogP contribution in [0.3, 0.4) is 0 Å². The molecule has 0 unspecified atom stereocenters. The second-order valence-corrected chi connectivity index (χ2v) is 8.56. The van der Waals surface area contributed by atoms with Crippen molar-refractivity contribution >= 4 is 5.91 Å². The van der Waals surface area contributed by atoms with Crippen LogP contribution in [-0.4, -0.2) is 61.5 Å². The van der Waals surface area contributed by atoms with E-state index < -0.39 is 0 Å². The number of likely N-dealkylation sites (tertiary alicyclic amines) is 1. The van der Waals surface area contributed by atoms with Crippen LogP contribution >= 0.6 is 0 Å². The number of amides is 1.